The summed E-state index contributed by atoms with van der Waals surface area (Å²) in [6, 6.07) is 8.52. The topological polar surface area (TPSA) is 75.8 Å². The standard InChI is InChI=1S/C14H21N3O2S2/c15-14(17-8-10-20-11-9-17)16-7-4-12-21(18,19)13-5-2-1-3-6-13/h1-3,5-6H,4,7-12H2,(H2,15,16). The van der Waals surface area contributed by atoms with Crippen LogP contribution in [-0.4, -0.2) is 56.2 Å². The molecule has 1 fully saturated rings. The van der Waals surface area contributed by atoms with Crippen LogP contribution in [0.2, 0.25) is 0 Å². The van der Waals surface area contributed by atoms with Gasteiger partial charge >= 0.3 is 0 Å². The summed E-state index contributed by atoms with van der Waals surface area (Å²) in [5, 5.41) is 0. The van der Waals surface area contributed by atoms with E-state index in [1.165, 1.54) is 0 Å². The van der Waals surface area contributed by atoms with Gasteiger partial charge in [0.15, 0.2) is 15.8 Å². The first-order chi connectivity index (χ1) is 10.1. The number of benzene rings is 1. The monoisotopic (exact) mass is 327 g/mol. The van der Waals surface area contributed by atoms with Gasteiger partial charge in [-0.2, -0.15) is 11.8 Å². The second-order valence-electron chi connectivity index (χ2n) is 4.82. The van der Waals surface area contributed by atoms with E-state index in [1.54, 1.807) is 30.3 Å². The van der Waals surface area contributed by atoms with Crippen LogP contribution in [0, 0.1) is 0 Å². The lowest BCUT2D eigenvalue weighted by molar-refractivity contribution is 0.455. The summed E-state index contributed by atoms with van der Waals surface area (Å²) in [5.41, 5.74) is 5.93. The number of sulfone groups is 1. The Kier molecular flexibility index (Phi) is 5.93. The SMILES string of the molecule is NC(=NCCCS(=O)(=O)c1ccccc1)N1CCSCC1. The Hall–Kier alpha value is -1.21. The Labute approximate surface area is 130 Å². The lowest BCUT2D eigenvalue weighted by Gasteiger charge is -2.27. The van der Waals surface area contributed by atoms with Gasteiger partial charge in [-0.15, -0.1) is 0 Å². The van der Waals surface area contributed by atoms with E-state index in [9.17, 15) is 8.42 Å². The molecule has 116 valence electrons. The first-order valence-electron chi connectivity index (χ1n) is 7.00. The zero-order chi connectivity index (χ0) is 15.1. The van der Waals surface area contributed by atoms with Crippen LogP contribution in [0.1, 0.15) is 6.42 Å². The molecule has 0 radical (unpaired) electrons. The van der Waals surface area contributed by atoms with Gasteiger partial charge in [0.1, 0.15) is 0 Å². The minimum atomic E-state index is -3.21. The number of nitrogens with zero attached hydrogens (tertiary/aromatic N) is 2. The zero-order valence-corrected chi connectivity index (χ0v) is 13.6. The van der Waals surface area contributed by atoms with Gasteiger partial charge in [-0.05, 0) is 18.6 Å². The third-order valence-electron chi connectivity index (χ3n) is 3.28. The molecule has 1 aliphatic heterocycles. The van der Waals surface area contributed by atoms with Gasteiger partial charge in [0.05, 0.1) is 10.6 Å². The molecular weight excluding hydrogens is 306 g/mol. The van der Waals surface area contributed by atoms with Gasteiger partial charge in [0.25, 0.3) is 0 Å². The van der Waals surface area contributed by atoms with Crippen LogP contribution in [0.4, 0.5) is 0 Å². The minimum absolute atomic E-state index is 0.101. The minimum Gasteiger partial charge on any atom is -0.370 e. The lowest BCUT2D eigenvalue weighted by Crippen LogP contribution is -2.42. The summed E-state index contributed by atoms with van der Waals surface area (Å²) < 4.78 is 24.2. The Balaban J connectivity index is 1.81. The smallest absolute Gasteiger partial charge is 0.191 e. The number of hydrogen-bond donors (Lipinski definition) is 1. The molecule has 0 aliphatic carbocycles. The van der Waals surface area contributed by atoms with Crippen LogP contribution in [0.15, 0.2) is 40.2 Å². The zero-order valence-electron chi connectivity index (χ0n) is 11.9. The summed E-state index contributed by atoms with van der Waals surface area (Å²) >= 11 is 1.91. The third kappa shape index (κ3) is 4.93. The summed E-state index contributed by atoms with van der Waals surface area (Å²) in [6.45, 7) is 2.28. The molecule has 1 saturated heterocycles. The molecule has 1 aromatic carbocycles. The van der Waals surface area contributed by atoms with Crippen molar-refractivity contribution in [2.45, 2.75) is 11.3 Å². The molecule has 1 aliphatic rings. The molecule has 0 amide bonds. The van der Waals surface area contributed by atoms with Crippen LogP contribution in [0.5, 0.6) is 0 Å². The van der Waals surface area contributed by atoms with Crippen molar-refractivity contribution in [3.05, 3.63) is 30.3 Å². The average molecular weight is 327 g/mol. The lowest BCUT2D eigenvalue weighted by atomic mass is 10.4. The van der Waals surface area contributed by atoms with Crippen LogP contribution in [0.3, 0.4) is 0 Å². The van der Waals surface area contributed by atoms with Gasteiger partial charge in [-0.3, -0.25) is 4.99 Å². The van der Waals surface area contributed by atoms with Crippen molar-refractivity contribution in [1.82, 2.24) is 4.90 Å². The first-order valence-corrected chi connectivity index (χ1v) is 9.81. The van der Waals surface area contributed by atoms with Crippen LogP contribution < -0.4 is 5.73 Å². The highest BCUT2D eigenvalue weighted by Crippen LogP contribution is 2.11. The van der Waals surface area contributed by atoms with Crippen LogP contribution in [-0.2, 0) is 9.84 Å². The maximum absolute atomic E-state index is 12.1. The van der Waals surface area contributed by atoms with E-state index >= 15 is 0 Å². The van der Waals surface area contributed by atoms with Crippen molar-refractivity contribution >= 4 is 27.6 Å². The summed E-state index contributed by atoms with van der Waals surface area (Å²) in [7, 11) is -3.21. The van der Waals surface area contributed by atoms with Gasteiger partial charge in [-0.1, -0.05) is 18.2 Å². The molecule has 2 rings (SSSR count). The number of guanidine groups is 1. The van der Waals surface area contributed by atoms with Crippen molar-refractivity contribution in [2.24, 2.45) is 10.7 Å². The van der Waals surface area contributed by atoms with E-state index < -0.39 is 9.84 Å². The van der Waals surface area contributed by atoms with E-state index in [-0.39, 0.29) is 5.75 Å². The molecule has 21 heavy (non-hydrogen) atoms. The molecule has 1 heterocycles. The highest BCUT2D eigenvalue weighted by Gasteiger charge is 2.14. The molecule has 7 heteroatoms. The summed E-state index contributed by atoms with van der Waals surface area (Å²) in [4.78, 5) is 6.72. The number of aliphatic imine (C=N–C) groups is 1. The molecule has 2 N–H and O–H groups in total. The number of hydrogen-bond acceptors (Lipinski definition) is 4. The molecule has 0 aromatic heterocycles. The van der Waals surface area contributed by atoms with Gasteiger partial charge in [-0.25, -0.2) is 8.42 Å². The molecule has 0 saturated carbocycles. The number of thioether (sulfide) groups is 1. The maximum atomic E-state index is 12.1. The van der Waals surface area contributed by atoms with Crippen molar-refractivity contribution in [1.29, 1.82) is 0 Å². The molecule has 5 nitrogen and oxygen atoms in total. The largest absolute Gasteiger partial charge is 0.370 e. The van der Waals surface area contributed by atoms with Crippen molar-refractivity contribution in [2.75, 3.05) is 36.9 Å². The van der Waals surface area contributed by atoms with Crippen LogP contribution in [0.25, 0.3) is 0 Å². The fraction of sp³-hybridized carbons (Fsp3) is 0.500. The van der Waals surface area contributed by atoms with Crippen LogP contribution >= 0.6 is 11.8 Å². The molecule has 1 aromatic rings. The van der Waals surface area contributed by atoms with Crippen molar-refractivity contribution in [3.63, 3.8) is 0 Å². The van der Waals surface area contributed by atoms with E-state index in [0.29, 0.717) is 23.8 Å². The Morgan fingerprint density at radius 1 is 1.24 bits per heavy atom. The molecule has 0 unspecified atom stereocenters. The molecule has 0 atom stereocenters. The van der Waals surface area contributed by atoms with Crippen molar-refractivity contribution in [3.8, 4) is 0 Å². The Morgan fingerprint density at radius 3 is 2.57 bits per heavy atom. The van der Waals surface area contributed by atoms with Gasteiger partial charge < -0.3 is 10.6 Å². The van der Waals surface area contributed by atoms with E-state index in [1.807, 2.05) is 11.8 Å². The summed E-state index contributed by atoms with van der Waals surface area (Å²) in [5.74, 6) is 2.77. The maximum Gasteiger partial charge on any atom is 0.191 e. The second kappa shape index (κ2) is 7.70. The molecule has 0 spiro atoms. The number of rotatable bonds is 5. The first kappa shape index (κ1) is 16.2. The third-order valence-corrected chi connectivity index (χ3v) is 6.04. The number of nitrogens with two attached hydrogens (primary N) is 1. The van der Waals surface area contributed by atoms with Gasteiger partial charge in [0, 0.05) is 31.1 Å². The fourth-order valence-corrected chi connectivity index (χ4v) is 4.31. The quantitative estimate of drug-likeness (QED) is 0.500. The van der Waals surface area contributed by atoms with E-state index in [4.69, 9.17) is 5.73 Å². The predicted molar refractivity (Wildman–Crippen MR) is 88.5 cm³/mol. The highest BCUT2D eigenvalue weighted by atomic mass is 32.2. The van der Waals surface area contributed by atoms with E-state index in [2.05, 4.69) is 9.89 Å². The average Bonchev–Trinajstić information content (AvgIpc) is 2.53. The summed E-state index contributed by atoms with van der Waals surface area (Å²) in [6.07, 6.45) is 0.487. The normalized spacial score (nSPS) is 17.0. The highest BCUT2D eigenvalue weighted by molar-refractivity contribution is 7.99. The second-order valence-corrected chi connectivity index (χ2v) is 8.16. The molecule has 0 bridgehead atoms. The Morgan fingerprint density at radius 2 is 1.90 bits per heavy atom. The predicted octanol–water partition coefficient (Wildman–Crippen LogP) is 1.21. The fourth-order valence-electron chi connectivity index (χ4n) is 2.09. The van der Waals surface area contributed by atoms with Gasteiger partial charge in [0.2, 0.25) is 0 Å². The Bertz CT molecular complexity index is 567. The van der Waals surface area contributed by atoms with E-state index in [0.717, 1.165) is 24.6 Å². The van der Waals surface area contributed by atoms with Crippen molar-refractivity contribution < 1.29 is 8.42 Å². The molecular formula is C14H21N3O2S2.